The van der Waals surface area contributed by atoms with E-state index in [-0.39, 0.29) is 5.75 Å². The molecule has 1 aromatic heterocycles. The number of hydrogen-bond donors (Lipinski definition) is 2. The summed E-state index contributed by atoms with van der Waals surface area (Å²) in [5.41, 5.74) is 3.18. The number of benzene rings is 1. The van der Waals surface area contributed by atoms with Crippen LogP contribution in [-0.4, -0.2) is 35.5 Å². The Morgan fingerprint density at radius 2 is 2.00 bits per heavy atom. The van der Waals surface area contributed by atoms with E-state index in [1.54, 1.807) is 12.1 Å². The van der Waals surface area contributed by atoms with E-state index in [0.717, 1.165) is 0 Å². The normalized spacial score (nSPS) is 10.6. The van der Waals surface area contributed by atoms with Crippen molar-refractivity contribution in [2.75, 3.05) is 19.6 Å². The van der Waals surface area contributed by atoms with Crippen LogP contribution in [0.1, 0.15) is 5.56 Å². The highest BCUT2D eigenvalue weighted by atomic mass is 79.9. The number of hydrogen-bond acceptors (Lipinski definition) is 7. The molecule has 1 heterocycles. The van der Waals surface area contributed by atoms with Crippen LogP contribution in [0.25, 0.3) is 0 Å². The number of hydrazone groups is 1. The first-order chi connectivity index (χ1) is 10.2. The minimum absolute atomic E-state index is 0.0106. The van der Waals surface area contributed by atoms with Crippen LogP contribution in [-0.2, 0) is 0 Å². The molecule has 0 fully saturated rings. The van der Waals surface area contributed by atoms with Crippen LogP contribution < -0.4 is 14.9 Å². The Bertz CT molecular complexity index is 664. The van der Waals surface area contributed by atoms with Crippen LogP contribution >= 0.6 is 15.9 Å². The van der Waals surface area contributed by atoms with Crippen LogP contribution in [0.5, 0.6) is 17.4 Å². The van der Waals surface area contributed by atoms with E-state index in [4.69, 9.17) is 9.47 Å². The second-order valence-electron chi connectivity index (χ2n) is 3.80. The molecule has 0 saturated heterocycles. The molecule has 0 spiro atoms. The van der Waals surface area contributed by atoms with Crippen LogP contribution in [0.3, 0.4) is 0 Å². The first-order valence-corrected chi connectivity index (χ1v) is 6.66. The summed E-state index contributed by atoms with van der Waals surface area (Å²) in [5, 5.41) is 14.1. The predicted molar refractivity (Wildman–Crippen MR) is 82.2 cm³/mol. The van der Waals surface area contributed by atoms with Crippen molar-refractivity contribution in [1.82, 2.24) is 9.97 Å². The third-order valence-electron chi connectivity index (χ3n) is 2.57. The lowest BCUT2D eigenvalue weighted by atomic mass is 10.2. The fourth-order valence-electron chi connectivity index (χ4n) is 1.56. The summed E-state index contributed by atoms with van der Waals surface area (Å²) >= 11 is 3.34. The average Bonchev–Trinajstić information content (AvgIpc) is 2.51. The number of methoxy groups -OCH3 is 2. The van der Waals surface area contributed by atoms with Crippen LogP contribution in [0.4, 0.5) is 5.82 Å². The fraction of sp³-hybridized carbons (Fsp3) is 0.154. The van der Waals surface area contributed by atoms with Crippen molar-refractivity contribution >= 4 is 28.0 Å². The minimum atomic E-state index is -0.0106. The topological polar surface area (TPSA) is 88.9 Å². The van der Waals surface area contributed by atoms with Crippen molar-refractivity contribution in [1.29, 1.82) is 0 Å². The number of phenols is 1. The molecule has 0 saturated carbocycles. The number of nitrogens with one attached hydrogen (secondary N) is 1. The third kappa shape index (κ3) is 3.40. The number of halogens is 1. The van der Waals surface area contributed by atoms with Crippen molar-refractivity contribution in [3.05, 3.63) is 34.6 Å². The number of nitrogens with zero attached hydrogens (tertiary/aromatic N) is 3. The largest absolute Gasteiger partial charge is 0.504 e. The molecule has 2 aromatic rings. The highest BCUT2D eigenvalue weighted by Gasteiger charge is 2.10. The van der Waals surface area contributed by atoms with E-state index < -0.39 is 0 Å². The smallest absolute Gasteiger partial charge is 0.258 e. The summed E-state index contributed by atoms with van der Waals surface area (Å²) in [4.78, 5) is 8.03. The van der Waals surface area contributed by atoms with E-state index in [1.807, 2.05) is 0 Å². The van der Waals surface area contributed by atoms with Crippen LogP contribution in [0.15, 0.2) is 34.1 Å². The van der Waals surface area contributed by atoms with Crippen molar-refractivity contribution < 1.29 is 14.6 Å². The van der Waals surface area contributed by atoms with Gasteiger partial charge < -0.3 is 14.6 Å². The van der Waals surface area contributed by atoms with E-state index in [2.05, 4.69) is 36.4 Å². The molecule has 0 bridgehead atoms. The highest BCUT2D eigenvalue weighted by Crippen LogP contribution is 2.33. The highest BCUT2D eigenvalue weighted by molar-refractivity contribution is 9.10. The molecule has 0 amide bonds. The molecule has 2 N–H and O–H groups in total. The summed E-state index contributed by atoms with van der Waals surface area (Å²) < 4.78 is 10.8. The Kier molecular flexibility index (Phi) is 4.94. The van der Waals surface area contributed by atoms with Gasteiger partial charge in [-0.05, 0) is 28.1 Å². The summed E-state index contributed by atoms with van der Waals surface area (Å²) in [6.45, 7) is 0. The first-order valence-electron chi connectivity index (χ1n) is 5.87. The Morgan fingerprint density at radius 3 is 2.71 bits per heavy atom. The molecule has 1 aromatic carbocycles. The van der Waals surface area contributed by atoms with Gasteiger partial charge in [-0.1, -0.05) is 0 Å². The molecule has 0 aliphatic heterocycles. The predicted octanol–water partition coefficient (Wildman–Crippen LogP) is 2.41. The molecule has 0 radical (unpaired) electrons. The standard InChI is InChI=1S/C13H13BrN4O3/c1-20-10-4-3-9(14)8(11(10)19)7-17-18-12-13(21-2)16-6-5-15-12/h3-7,19H,1-2H3,(H,15,18). The number of aromatic nitrogens is 2. The average molecular weight is 353 g/mol. The molecule has 8 heteroatoms. The zero-order valence-corrected chi connectivity index (χ0v) is 13.0. The number of rotatable bonds is 5. The van der Waals surface area contributed by atoms with Crippen molar-refractivity contribution in [2.24, 2.45) is 5.10 Å². The van der Waals surface area contributed by atoms with E-state index >= 15 is 0 Å². The minimum Gasteiger partial charge on any atom is -0.504 e. The van der Waals surface area contributed by atoms with Gasteiger partial charge >= 0.3 is 0 Å². The molecule has 0 atom stereocenters. The van der Waals surface area contributed by atoms with Gasteiger partial charge in [0.2, 0.25) is 5.82 Å². The second-order valence-corrected chi connectivity index (χ2v) is 4.65. The zero-order valence-electron chi connectivity index (χ0n) is 11.4. The summed E-state index contributed by atoms with van der Waals surface area (Å²) in [7, 11) is 2.97. The Morgan fingerprint density at radius 1 is 1.24 bits per heavy atom. The monoisotopic (exact) mass is 352 g/mol. The molecule has 0 aliphatic rings. The van der Waals surface area contributed by atoms with E-state index in [9.17, 15) is 5.11 Å². The van der Waals surface area contributed by atoms with Gasteiger partial charge in [-0.15, -0.1) is 0 Å². The molecular formula is C13H13BrN4O3. The number of phenolic OH excluding ortho intramolecular Hbond substituents is 1. The van der Waals surface area contributed by atoms with Gasteiger partial charge in [0.15, 0.2) is 11.5 Å². The van der Waals surface area contributed by atoms with Crippen molar-refractivity contribution in [3.8, 4) is 17.4 Å². The molecule has 110 valence electrons. The Labute approximate surface area is 129 Å². The molecule has 0 aliphatic carbocycles. The molecule has 0 unspecified atom stereocenters. The summed E-state index contributed by atoms with van der Waals surface area (Å²) in [5.74, 6) is 1.04. The van der Waals surface area contributed by atoms with Crippen LogP contribution in [0, 0.1) is 0 Å². The van der Waals surface area contributed by atoms with Crippen molar-refractivity contribution in [2.45, 2.75) is 0 Å². The summed E-state index contributed by atoms with van der Waals surface area (Å²) in [6, 6.07) is 3.40. The molecular weight excluding hydrogens is 340 g/mol. The van der Waals surface area contributed by atoms with Gasteiger partial charge in [0.1, 0.15) is 0 Å². The second kappa shape index (κ2) is 6.89. The van der Waals surface area contributed by atoms with Gasteiger partial charge in [-0.2, -0.15) is 5.10 Å². The van der Waals surface area contributed by atoms with Crippen LogP contribution in [0.2, 0.25) is 0 Å². The third-order valence-corrected chi connectivity index (χ3v) is 3.26. The first kappa shape index (κ1) is 15.0. The molecule has 21 heavy (non-hydrogen) atoms. The van der Waals surface area contributed by atoms with Gasteiger partial charge in [-0.25, -0.2) is 9.97 Å². The maximum atomic E-state index is 10.0. The number of aromatic hydroxyl groups is 1. The maximum Gasteiger partial charge on any atom is 0.258 e. The lowest BCUT2D eigenvalue weighted by Gasteiger charge is -2.08. The maximum absolute atomic E-state index is 10.0. The lowest BCUT2D eigenvalue weighted by Crippen LogP contribution is -1.99. The Balaban J connectivity index is 2.22. The van der Waals surface area contributed by atoms with E-state index in [0.29, 0.717) is 27.5 Å². The van der Waals surface area contributed by atoms with E-state index in [1.165, 1.54) is 32.8 Å². The van der Waals surface area contributed by atoms with Gasteiger partial charge in [-0.3, -0.25) is 5.43 Å². The molecule has 7 nitrogen and oxygen atoms in total. The number of anilines is 1. The van der Waals surface area contributed by atoms with Gasteiger partial charge in [0.25, 0.3) is 5.88 Å². The number of ether oxygens (including phenoxy) is 2. The quantitative estimate of drug-likeness (QED) is 0.634. The molecule has 2 rings (SSSR count). The Hall–Kier alpha value is -2.35. The fourth-order valence-corrected chi connectivity index (χ4v) is 1.98. The van der Waals surface area contributed by atoms with Crippen molar-refractivity contribution in [3.63, 3.8) is 0 Å². The van der Waals surface area contributed by atoms with Gasteiger partial charge in [0, 0.05) is 16.9 Å². The SMILES string of the molecule is COc1ccc(Br)c(C=NNc2nccnc2OC)c1O. The van der Waals surface area contributed by atoms with Gasteiger partial charge in [0.05, 0.1) is 26.0 Å². The lowest BCUT2D eigenvalue weighted by molar-refractivity contribution is 0.373. The summed E-state index contributed by atoms with van der Waals surface area (Å²) in [6.07, 6.45) is 4.47. The zero-order chi connectivity index (χ0) is 15.2.